The third-order valence-corrected chi connectivity index (χ3v) is 3.37. The molecule has 1 N–H and O–H groups in total. The van der Waals surface area contributed by atoms with Gasteiger partial charge in [0.1, 0.15) is 0 Å². The first-order valence-electron chi connectivity index (χ1n) is 5.61. The molecule has 94 valence electrons. The first kappa shape index (κ1) is 12.9. The van der Waals surface area contributed by atoms with Crippen LogP contribution < -0.4 is 5.06 Å². The van der Waals surface area contributed by atoms with Crippen molar-refractivity contribution in [3.8, 4) is 0 Å². The van der Waals surface area contributed by atoms with E-state index in [9.17, 15) is 10.0 Å². The molecule has 0 spiro atoms. The normalized spacial score (nSPS) is 12.4. The summed E-state index contributed by atoms with van der Waals surface area (Å²) in [6.45, 7) is 3.70. The van der Waals surface area contributed by atoms with Crippen molar-refractivity contribution in [1.29, 1.82) is 0 Å². The summed E-state index contributed by atoms with van der Waals surface area (Å²) in [7, 11) is 0. The van der Waals surface area contributed by atoms with E-state index in [2.05, 4.69) is 4.98 Å². The average molecular weight is 262 g/mol. The smallest absolute Gasteiger partial charge is 0.323 e. The SMILES string of the molecule is Cc1cc(C)nc([NH+]([O-])C(=O)Cc2cccs2)c1. The van der Waals surface area contributed by atoms with Crippen molar-refractivity contribution in [2.45, 2.75) is 20.3 Å². The van der Waals surface area contributed by atoms with Crippen LogP contribution in [0.25, 0.3) is 0 Å². The molecule has 1 atom stereocenters. The van der Waals surface area contributed by atoms with Crippen LogP contribution in [0.15, 0.2) is 29.6 Å². The molecule has 1 unspecified atom stereocenters. The van der Waals surface area contributed by atoms with E-state index in [1.807, 2.05) is 37.4 Å². The number of thiophene rings is 1. The van der Waals surface area contributed by atoms with Crippen LogP contribution in [0.1, 0.15) is 16.1 Å². The second kappa shape index (κ2) is 5.39. The lowest BCUT2D eigenvalue weighted by molar-refractivity contribution is -0.692. The van der Waals surface area contributed by atoms with E-state index < -0.39 is 11.0 Å². The van der Waals surface area contributed by atoms with E-state index in [1.54, 1.807) is 6.07 Å². The molecular formula is C13H14N2O2S. The minimum absolute atomic E-state index is 0.158. The lowest BCUT2D eigenvalue weighted by Crippen LogP contribution is -3.05. The van der Waals surface area contributed by atoms with Gasteiger partial charge in [-0.15, -0.1) is 11.3 Å². The molecule has 2 rings (SSSR count). The highest BCUT2D eigenvalue weighted by molar-refractivity contribution is 7.10. The number of aryl methyl sites for hydroxylation is 2. The summed E-state index contributed by atoms with van der Waals surface area (Å²) in [6.07, 6.45) is 0.158. The predicted molar refractivity (Wildman–Crippen MR) is 70.7 cm³/mol. The monoisotopic (exact) mass is 262 g/mol. The molecule has 5 heteroatoms. The van der Waals surface area contributed by atoms with Crippen molar-refractivity contribution in [1.82, 2.24) is 4.98 Å². The first-order chi connectivity index (χ1) is 8.56. The zero-order valence-corrected chi connectivity index (χ0v) is 11.1. The number of quaternary nitrogens is 1. The first-order valence-corrected chi connectivity index (χ1v) is 6.49. The van der Waals surface area contributed by atoms with Gasteiger partial charge >= 0.3 is 5.91 Å². The Balaban J connectivity index is 2.15. The van der Waals surface area contributed by atoms with E-state index in [0.717, 1.165) is 16.1 Å². The van der Waals surface area contributed by atoms with Gasteiger partial charge in [0.25, 0.3) is 0 Å². The summed E-state index contributed by atoms with van der Waals surface area (Å²) >= 11 is 1.48. The molecule has 4 nitrogen and oxygen atoms in total. The number of hydrogen-bond donors (Lipinski definition) is 1. The molecule has 0 bridgehead atoms. The Labute approximate surface area is 109 Å². The maximum absolute atomic E-state index is 12.0. The molecule has 0 aliphatic heterocycles. The second-order valence-corrected chi connectivity index (χ2v) is 5.21. The molecule has 0 fully saturated rings. The Morgan fingerprint density at radius 1 is 1.44 bits per heavy atom. The zero-order valence-electron chi connectivity index (χ0n) is 10.3. The fraction of sp³-hybridized carbons (Fsp3) is 0.231. The van der Waals surface area contributed by atoms with Crippen LogP contribution in [-0.2, 0) is 11.2 Å². The van der Waals surface area contributed by atoms with Crippen LogP contribution in [0.2, 0.25) is 0 Å². The van der Waals surface area contributed by atoms with Crippen molar-refractivity contribution in [2.24, 2.45) is 0 Å². The van der Waals surface area contributed by atoms with Crippen molar-refractivity contribution in [3.05, 3.63) is 51.0 Å². The summed E-state index contributed by atoms with van der Waals surface area (Å²) in [5.74, 6) is -0.163. The molecule has 0 aliphatic rings. The molecule has 2 heterocycles. The van der Waals surface area contributed by atoms with Gasteiger partial charge in [-0.05, 0) is 36.9 Å². The van der Waals surface area contributed by atoms with Crippen LogP contribution in [0, 0.1) is 19.1 Å². The zero-order chi connectivity index (χ0) is 13.1. The highest BCUT2D eigenvalue weighted by Crippen LogP contribution is 2.09. The summed E-state index contributed by atoms with van der Waals surface area (Å²) in [4.78, 5) is 16.9. The lowest BCUT2D eigenvalue weighted by Gasteiger charge is -2.18. The van der Waals surface area contributed by atoms with Gasteiger partial charge in [-0.25, -0.2) is 9.78 Å². The average Bonchev–Trinajstić information content (AvgIpc) is 2.79. The Morgan fingerprint density at radius 3 is 2.83 bits per heavy atom. The molecule has 0 saturated heterocycles. The van der Waals surface area contributed by atoms with Crippen LogP contribution in [-0.4, -0.2) is 10.9 Å². The number of nitrogens with one attached hydrogen (secondary N) is 1. The Bertz CT molecular complexity index is 532. The number of carbonyl (C=O) groups is 1. The van der Waals surface area contributed by atoms with Crippen molar-refractivity contribution in [3.63, 3.8) is 0 Å². The van der Waals surface area contributed by atoms with Gasteiger partial charge in [-0.2, -0.15) is 0 Å². The highest BCUT2D eigenvalue weighted by atomic mass is 32.1. The third-order valence-electron chi connectivity index (χ3n) is 2.50. The number of carbonyl (C=O) groups excluding carboxylic acids is 1. The molecular weight excluding hydrogens is 248 g/mol. The third kappa shape index (κ3) is 3.01. The number of rotatable bonds is 3. The molecule has 0 aromatic carbocycles. The fourth-order valence-electron chi connectivity index (χ4n) is 1.75. The fourth-order valence-corrected chi connectivity index (χ4v) is 2.46. The van der Waals surface area contributed by atoms with Crippen LogP contribution in [0.4, 0.5) is 5.82 Å². The van der Waals surface area contributed by atoms with Gasteiger partial charge in [-0.3, -0.25) is 5.06 Å². The summed E-state index contributed by atoms with van der Waals surface area (Å²) in [6, 6.07) is 7.25. The maximum Gasteiger partial charge on any atom is 0.323 e. The van der Waals surface area contributed by atoms with Crippen molar-refractivity contribution in [2.75, 3.05) is 0 Å². The standard InChI is InChI=1S/C13H14N2O2S/c1-9-6-10(2)14-12(7-9)15(17)13(16)8-11-4-3-5-18-11/h3-7,15H,8H2,1-2H3. The topological polar surface area (TPSA) is 57.5 Å². The van der Waals surface area contributed by atoms with Crippen LogP contribution >= 0.6 is 11.3 Å². The van der Waals surface area contributed by atoms with Crippen molar-refractivity contribution < 1.29 is 9.86 Å². The van der Waals surface area contributed by atoms with E-state index >= 15 is 0 Å². The van der Waals surface area contributed by atoms with Crippen molar-refractivity contribution >= 4 is 23.1 Å². The van der Waals surface area contributed by atoms with Gasteiger partial charge < -0.3 is 5.21 Å². The summed E-state index contributed by atoms with van der Waals surface area (Å²) < 4.78 is 0. The maximum atomic E-state index is 12.0. The quantitative estimate of drug-likeness (QED) is 0.854. The van der Waals surface area contributed by atoms with Gasteiger partial charge in [0, 0.05) is 16.6 Å². The number of aromatic nitrogens is 1. The van der Waals surface area contributed by atoms with Gasteiger partial charge in [-0.1, -0.05) is 6.07 Å². The molecule has 1 amide bonds. The second-order valence-electron chi connectivity index (χ2n) is 4.18. The van der Waals surface area contributed by atoms with E-state index in [-0.39, 0.29) is 12.2 Å². The summed E-state index contributed by atoms with van der Waals surface area (Å²) in [5.41, 5.74) is 1.69. The largest absolute Gasteiger partial charge is 0.620 e. The van der Waals surface area contributed by atoms with Gasteiger partial charge in [0.2, 0.25) is 5.82 Å². The number of nitrogens with zero attached hydrogens (tertiary/aromatic N) is 1. The van der Waals surface area contributed by atoms with Crippen LogP contribution in [0.5, 0.6) is 0 Å². The molecule has 0 saturated carbocycles. The van der Waals surface area contributed by atoms with Gasteiger partial charge in [0.15, 0.2) is 0 Å². The number of pyridine rings is 1. The minimum atomic E-state index is -0.504. The number of hydrogen-bond acceptors (Lipinski definition) is 4. The van der Waals surface area contributed by atoms with E-state index in [4.69, 9.17) is 0 Å². The van der Waals surface area contributed by atoms with Gasteiger partial charge in [0.05, 0.1) is 6.42 Å². The Morgan fingerprint density at radius 2 is 2.22 bits per heavy atom. The number of amides is 1. The molecule has 2 aromatic rings. The van der Waals surface area contributed by atoms with Crippen LogP contribution in [0.3, 0.4) is 0 Å². The molecule has 2 aromatic heterocycles. The highest BCUT2D eigenvalue weighted by Gasteiger charge is 2.16. The predicted octanol–water partition coefficient (Wildman–Crippen LogP) is 1.54. The lowest BCUT2D eigenvalue weighted by atomic mass is 10.2. The number of hydroxylamine groups is 1. The Hall–Kier alpha value is -1.56. The molecule has 18 heavy (non-hydrogen) atoms. The Kier molecular flexibility index (Phi) is 3.86. The summed E-state index contributed by atoms with van der Waals surface area (Å²) in [5, 5.41) is 13.4. The molecule has 0 radical (unpaired) electrons. The van der Waals surface area contributed by atoms with E-state index in [0.29, 0.717) is 0 Å². The molecule has 0 aliphatic carbocycles. The minimum Gasteiger partial charge on any atom is -0.620 e. The van der Waals surface area contributed by atoms with E-state index in [1.165, 1.54) is 11.3 Å².